The highest BCUT2D eigenvalue weighted by molar-refractivity contribution is 9.10. The molecule has 1 amide bonds. The van der Waals surface area contributed by atoms with E-state index in [4.69, 9.17) is 16.3 Å². The number of carbonyl (C=O) groups is 2. The van der Waals surface area contributed by atoms with Crippen molar-refractivity contribution >= 4 is 45.3 Å². The summed E-state index contributed by atoms with van der Waals surface area (Å²) in [4.78, 5) is 25.8. The van der Waals surface area contributed by atoms with Crippen LogP contribution in [0.15, 0.2) is 16.6 Å². The summed E-state index contributed by atoms with van der Waals surface area (Å²) in [5.41, 5.74) is -0.984. The summed E-state index contributed by atoms with van der Waals surface area (Å²) in [7, 11) is 0. The van der Waals surface area contributed by atoms with Gasteiger partial charge < -0.3 is 25.2 Å². The molecule has 3 N–H and O–H groups in total. The van der Waals surface area contributed by atoms with E-state index in [9.17, 15) is 19.8 Å². The lowest BCUT2D eigenvalue weighted by atomic mass is 9.99. The second-order valence-electron chi connectivity index (χ2n) is 7.23. The SMILES string of the molecule is CC(C)(C)OC(=O)NC1(C(=O)O)CCN(c2cc(Cl)cc(Br)c2CO)C1. The van der Waals surface area contributed by atoms with Crippen molar-refractivity contribution in [3.63, 3.8) is 0 Å². The van der Waals surface area contributed by atoms with Gasteiger partial charge in [0.15, 0.2) is 5.54 Å². The van der Waals surface area contributed by atoms with Gasteiger partial charge in [0.2, 0.25) is 0 Å². The number of benzene rings is 1. The van der Waals surface area contributed by atoms with Crippen LogP contribution in [0.4, 0.5) is 10.5 Å². The van der Waals surface area contributed by atoms with Crippen LogP contribution in [0.1, 0.15) is 32.8 Å². The maximum absolute atomic E-state index is 12.1. The van der Waals surface area contributed by atoms with Crippen molar-refractivity contribution in [2.75, 3.05) is 18.0 Å². The van der Waals surface area contributed by atoms with E-state index in [1.54, 1.807) is 37.8 Å². The van der Waals surface area contributed by atoms with Crippen LogP contribution in [0.2, 0.25) is 5.02 Å². The molecule has 1 atom stereocenters. The van der Waals surface area contributed by atoms with E-state index in [0.29, 0.717) is 27.3 Å². The average Bonchev–Trinajstić information content (AvgIpc) is 2.89. The van der Waals surface area contributed by atoms with Gasteiger partial charge in [0.05, 0.1) is 13.2 Å². The summed E-state index contributed by atoms with van der Waals surface area (Å²) in [5.74, 6) is -1.14. The van der Waals surface area contributed by atoms with E-state index in [-0.39, 0.29) is 19.6 Å². The van der Waals surface area contributed by atoms with Crippen LogP contribution in [0.3, 0.4) is 0 Å². The standard InChI is InChI=1S/C17H22BrClN2O5/c1-16(2,3)26-15(25)20-17(14(23)24)4-5-21(9-17)13-7-10(19)6-12(18)11(13)8-22/h6-7,22H,4-5,8-9H2,1-3H3,(H,20,25)(H,23,24). The first kappa shape index (κ1) is 20.8. The van der Waals surface area contributed by atoms with Crippen LogP contribution in [-0.2, 0) is 16.1 Å². The molecule has 0 bridgehead atoms. The normalized spacial score (nSPS) is 20.2. The number of carboxylic acids is 1. The van der Waals surface area contributed by atoms with Crippen molar-refractivity contribution in [2.24, 2.45) is 0 Å². The zero-order chi connectivity index (χ0) is 19.7. The van der Waals surface area contributed by atoms with Gasteiger partial charge in [0.25, 0.3) is 0 Å². The highest BCUT2D eigenvalue weighted by atomic mass is 79.9. The zero-order valence-electron chi connectivity index (χ0n) is 14.8. The second kappa shape index (κ2) is 7.62. The van der Waals surface area contributed by atoms with Gasteiger partial charge in [-0.05, 0) is 32.9 Å². The monoisotopic (exact) mass is 448 g/mol. The summed E-state index contributed by atoms with van der Waals surface area (Å²) in [6.07, 6.45) is -0.590. The number of nitrogens with one attached hydrogen (secondary N) is 1. The highest BCUT2D eigenvalue weighted by Crippen LogP contribution is 2.36. The minimum atomic E-state index is -1.48. The largest absolute Gasteiger partial charge is 0.479 e. The molecule has 0 aromatic heterocycles. The number of aliphatic hydroxyl groups is 1. The smallest absolute Gasteiger partial charge is 0.408 e. The van der Waals surface area contributed by atoms with Gasteiger partial charge >= 0.3 is 12.1 Å². The number of alkyl carbamates (subject to hydrolysis) is 1. The first-order valence-electron chi connectivity index (χ1n) is 8.06. The molecule has 0 saturated carbocycles. The molecule has 7 nitrogen and oxygen atoms in total. The van der Waals surface area contributed by atoms with Crippen LogP contribution in [-0.4, -0.2) is 46.5 Å². The molecule has 1 aliphatic rings. The molecule has 1 aromatic carbocycles. The summed E-state index contributed by atoms with van der Waals surface area (Å²) < 4.78 is 5.83. The van der Waals surface area contributed by atoms with Crippen LogP contribution in [0.25, 0.3) is 0 Å². The molecule has 9 heteroatoms. The van der Waals surface area contributed by atoms with E-state index in [1.807, 2.05) is 0 Å². The molecule has 1 aromatic rings. The number of hydrogen-bond acceptors (Lipinski definition) is 5. The predicted molar refractivity (Wildman–Crippen MR) is 102 cm³/mol. The number of halogens is 2. The lowest BCUT2D eigenvalue weighted by Crippen LogP contribution is -2.57. The Kier molecular flexibility index (Phi) is 6.09. The molecule has 144 valence electrons. The Morgan fingerprint density at radius 2 is 2.08 bits per heavy atom. The van der Waals surface area contributed by atoms with Crippen LogP contribution < -0.4 is 10.2 Å². The Balaban J connectivity index is 2.28. The molecule has 1 saturated heterocycles. The van der Waals surface area contributed by atoms with Gasteiger partial charge in [-0.1, -0.05) is 27.5 Å². The lowest BCUT2D eigenvalue weighted by molar-refractivity contribution is -0.143. The molecule has 0 aliphatic carbocycles. The molecule has 0 radical (unpaired) electrons. The van der Waals surface area contributed by atoms with E-state index in [0.717, 1.165) is 0 Å². The summed E-state index contributed by atoms with van der Waals surface area (Å²) >= 11 is 9.46. The molecule has 2 rings (SSSR count). The van der Waals surface area contributed by atoms with Gasteiger partial charge in [0, 0.05) is 33.7 Å². The van der Waals surface area contributed by atoms with E-state index in [1.165, 1.54) is 0 Å². The Labute approximate surface area is 165 Å². The first-order valence-corrected chi connectivity index (χ1v) is 9.23. The van der Waals surface area contributed by atoms with Gasteiger partial charge in [-0.2, -0.15) is 0 Å². The number of aliphatic carboxylic acids is 1. The van der Waals surface area contributed by atoms with Gasteiger partial charge in [0.1, 0.15) is 5.60 Å². The summed E-state index contributed by atoms with van der Waals surface area (Å²) in [6, 6.07) is 3.33. The van der Waals surface area contributed by atoms with Crippen molar-refractivity contribution in [1.29, 1.82) is 0 Å². The number of anilines is 1. The third-order valence-electron chi connectivity index (χ3n) is 4.05. The van der Waals surface area contributed by atoms with Crippen molar-refractivity contribution in [2.45, 2.75) is 44.9 Å². The average molecular weight is 450 g/mol. The Morgan fingerprint density at radius 3 is 2.62 bits per heavy atom. The van der Waals surface area contributed by atoms with Crippen molar-refractivity contribution < 1.29 is 24.5 Å². The number of rotatable bonds is 4. The third-order valence-corrected chi connectivity index (χ3v) is 4.98. The number of nitrogens with zero attached hydrogens (tertiary/aromatic N) is 1. The zero-order valence-corrected chi connectivity index (χ0v) is 17.1. The Morgan fingerprint density at radius 1 is 1.42 bits per heavy atom. The number of aliphatic hydroxyl groups excluding tert-OH is 1. The third kappa shape index (κ3) is 4.61. The maximum Gasteiger partial charge on any atom is 0.408 e. The van der Waals surface area contributed by atoms with E-state index >= 15 is 0 Å². The van der Waals surface area contributed by atoms with Crippen molar-refractivity contribution in [1.82, 2.24) is 5.32 Å². The van der Waals surface area contributed by atoms with Gasteiger partial charge in [-0.15, -0.1) is 0 Å². The molecule has 1 fully saturated rings. The Hall–Kier alpha value is -1.51. The van der Waals surface area contributed by atoms with Crippen LogP contribution in [0, 0.1) is 0 Å². The summed E-state index contributed by atoms with van der Waals surface area (Å²) in [6.45, 7) is 5.29. The fraction of sp³-hybridized carbons (Fsp3) is 0.529. The van der Waals surface area contributed by atoms with Crippen LogP contribution in [0.5, 0.6) is 0 Å². The fourth-order valence-corrected chi connectivity index (χ4v) is 3.79. The topological polar surface area (TPSA) is 99.1 Å². The van der Waals surface area contributed by atoms with Gasteiger partial charge in [-0.3, -0.25) is 0 Å². The molecule has 1 unspecified atom stereocenters. The molecular weight excluding hydrogens is 428 g/mol. The van der Waals surface area contributed by atoms with Crippen LogP contribution >= 0.6 is 27.5 Å². The minimum absolute atomic E-state index is 0.0291. The summed E-state index contributed by atoms with van der Waals surface area (Å²) in [5, 5.41) is 22.3. The molecular formula is C17H22BrClN2O5. The van der Waals surface area contributed by atoms with Crippen molar-refractivity contribution in [3.05, 3.63) is 27.2 Å². The fourth-order valence-electron chi connectivity index (χ4n) is 2.87. The molecule has 26 heavy (non-hydrogen) atoms. The Bertz CT molecular complexity index is 722. The maximum atomic E-state index is 12.1. The molecule has 0 spiro atoms. The highest BCUT2D eigenvalue weighted by Gasteiger charge is 2.47. The number of amides is 1. The van der Waals surface area contributed by atoms with E-state index < -0.39 is 23.2 Å². The molecule has 1 heterocycles. The van der Waals surface area contributed by atoms with Crippen molar-refractivity contribution in [3.8, 4) is 0 Å². The lowest BCUT2D eigenvalue weighted by Gasteiger charge is -2.29. The number of carbonyl (C=O) groups excluding carboxylic acids is 1. The van der Waals surface area contributed by atoms with E-state index in [2.05, 4.69) is 21.2 Å². The van der Waals surface area contributed by atoms with Gasteiger partial charge in [-0.25, -0.2) is 9.59 Å². The minimum Gasteiger partial charge on any atom is -0.479 e. The quantitative estimate of drug-likeness (QED) is 0.653. The molecule has 1 aliphatic heterocycles. The number of carboxylic acid groups (broad SMARTS) is 1. The number of ether oxygens (including phenoxy) is 1. The predicted octanol–water partition coefficient (Wildman–Crippen LogP) is 3.15. The first-order chi connectivity index (χ1) is 12.0. The second-order valence-corrected chi connectivity index (χ2v) is 8.52. The number of hydrogen-bond donors (Lipinski definition) is 3.